The number of benzene rings is 2. The molecule has 0 bridgehead atoms. The molecule has 0 saturated heterocycles. The number of carbonyl (C=O) groups excluding carboxylic acids is 3. The number of nitrogens with zero attached hydrogens (tertiary/aromatic N) is 2. The van der Waals surface area contributed by atoms with Gasteiger partial charge in [-0.3, -0.25) is 19.3 Å². The molecule has 9 nitrogen and oxygen atoms in total. The van der Waals surface area contributed by atoms with Gasteiger partial charge in [0, 0.05) is 13.1 Å². The van der Waals surface area contributed by atoms with Crippen molar-refractivity contribution in [2.75, 3.05) is 6.54 Å². The van der Waals surface area contributed by atoms with Crippen LogP contribution >= 0.6 is 0 Å². The van der Waals surface area contributed by atoms with Crippen LogP contribution < -0.4 is 5.32 Å². The molecule has 0 saturated carbocycles. The summed E-state index contributed by atoms with van der Waals surface area (Å²) in [6, 6.07) is 15.9. The maximum absolute atomic E-state index is 13.6. The van der Waals surface area contributed by atoms with Gasteiger partial charge in [0.05, 0.1) is 11.7 Å². The summed E-state index contributed by atoms with van der Waals surface area (Å²) < 4.78 is 0. The highest BCUT2D eigenvalue weighted by molar-refractivity contribution is 5.99. The van der Waals surface area contributed by atoms with Crippen molar-refractivity contribution in [3.05, 3.63) is 78.0 Å². The minimum atomic E-state index is -1.84. The van der Waals surface area contributed by atoms with Gasteiger partial charge in [-0.2, -0.15) is 0 Å². The summed E-state index contributed by atoms with van der Waals surface area (Å²) in [6.45, 7) is 4.60. The molecule has 36 heavy (non-hydrogen) atoms. The van der Waals surface area contributed by atoms with Crippen LogP contribution in [-0.2, 0) is 25.6 Å². The van der Waals surface area contributed by atoms with Crippen LogP contribution in [0.1, 0.15) is 31.9 Å². The molecule has 190 valence electrons. The lowest BCUT2D eigenvalue weighted by molar-refractivity contribution is -0.149. The maximum Gasteiger partial charge on any atom is 0.334 e. The van der Waals surface area contributed by atoms with E-state index < -0.39 is 42.5 Å². The van der Waals surface area contributed by atoms with Gasteiger partial charge in [-0.15, -0.1) is 0 Å². The van der Waals surface area contributed by atoms with Crippen molar-refractivity contribution < 1.29 is 29.4 Å². The van der Waals surface area contributed by atoms with E-state index in [0.717, 1.165) is 5.56 Å². The van der Waals surface area contributed by atoms with E-state index in [-0.39, 0.29) is 18.2 Å². The van der Waals surface area contributed by atoms with E-state index in [2.05, 4.69) is 5.32 Å². The number of aliphatic hydroxyl groups excluding tert-OH is 1. The van der Waals surface area contributed by atoms with Crippen molar-refractivity contribution in [3.8, 4) is 0 Å². The molecule has 0 spiro atoms. The second-order valence-electron chi connectivity index (χ2n) is 9.07. The van der Waals surface area contributed by atoms with Crippen molar-refractivity contribution >= 4 is 29.4 Å². The molecular weight excluding hydrogens is 462 g/mol. The highest BCUT2D eigenvalue weighted by Crippen LogP contribution is 2.30. The van der Waals surface area contributed by atoms with Crippen molar-refractivity contribution in [2.45, 2.75) is 45.4 Å². The largest absolute Gasteiger partial charge is 0.479 e. The molecular formula is C27H31N3O6. The Morgan fingerprint density at radius 3 is 2.11 bits per heavy atom. The molecule has 9 heteroatoms. The van der Waals surface area contributed by atoms with Crippen LogP contribution in [0.5, 0.6) is 0 Å². The summed E-state index contributed by atoms with van der Waals surface area (Å²) >= 11 is 0. The number of carboxylic acids is 1. The fourth-order valence-corrected chi connectivity index (χ4v) is 4.25. The molecule has 3 amide bonds. The van der Waals surface area contributed by atoms with Crippen molar-refractivity contribution in [1.29, 1.82) is 0 Å². The van der Waals surface area contributed by atoms with Crippen LogP contribution in [0, 0.1) is 5.92 Å². The van der Waals surface area contributed by atoms with Gasteiger partial charge in [-0.25, -0.2) is 4.79 Å². The zero-order valence-corrected chi connectivity index (χ0v) is 20.5. The Balaban J connectivity index is 1.91. The fourth-order valence-electron chi connectivity index (χ4n) is 4.25. The topological polar surface area (TPSA) is 127 Å². The number of aliphatic carboxylic acids is 1. The third-order valence-corrected chi connectivity index (χ3v) is 6.02. The number of nitrogens with one attached hydrogen (secondary N) is 1. The first-order valence-corrected chi connectivity index (χ1v) is 11.7. The number of rotatable bonds is 9. The molecule has 1 aliphatic heterocycles. The van der Waals surface area contributed by atoms with Crippen molar-refractivity contribution in [2.24, 2.45) is 5.92 Å². The van der Waals surface area contributed by atoms with Crippen LogP contribution in [0.2, 0.25) is 0 Å². The fraction of sp³-hybridized carbons (Fsp3) is 0.333. The summed E-state index contributed by atoms with van der Waals surface area (Å²) in [5.74, 6) is -3.04. The predicted molar refractivity (Wildman–Crippen MR) is 133 cm³/mol. The van der Waals surface area contributed by atoms with E-state index in [0.29, 0.717) is 11.3 Å². The summed E-state index contributed by atoms with van der Waals surface area (Å²) in [5, 5.41) is 22.2. The van der Waals surface area contributed by atoms with E-state index in [4.69, 9.17) is 0 Å². The summed E-state index contributed by atoms with van der Waals surface area (Å²) in [5.41, 5.74) is 1.75. The minimum Gasteiger partial charge on any atom is -0.479 e. The summed E-state index contributed by atoms with van der Waals surface area (Å²) in [7, 11) is 0. The lowest BCUT2D eigenvalue weighted by Gasteiger charge is -2.40. The van der Waals surface area contributed by atoms with Gasteiger partial charge in [-0.05, 0) is 23.5 Å². The quantitative estimate of drug-likeness (QED) is 0.490. The highest BCUT2D eigenvalue weighted by Gasteiger charge is 2.40. The van der Waals surface area contributed by atoms with Gasteiger partial charge >= 0.3 is 5.97 Å². The highest BCUT2D eigenvalue weighted by atomic mass is 16.4. The van der Waals surface area contributed by atoms with Gasteiger partial charge in [0.25, 0.3) is 5.91 Å². The van der Waals surface area contributed by atoms with E-state index in [1.807, 2.05) is 19.9 Å². The zero-order valence-electron chi connectivity index (χ0n) is 20.5. The molecule has 3 atom stereocenters. The monoisotopic (exact) mass is 493 g/mol. The van der Waals surface area contributed by atoms with Crippen molar-refractivity contribution in [3.63, 3.8) is 0 Å². The Bertz CT molecular complexity index is 1130. The van der Waals surface area contributed by atoms with Crippen LogP contribution in [0.4, 0.5) is 0 Å². The van der Waals surface area contributed by atoms with Crippen LogP contribution in [0.15, 0.2) is 66.9 Å². The predicted octanol–water partition coefficient (Wildman–Crippen LogP) is 1.87. The van der Waals surface area contributed by atoms with E-state index in [1.54, 1.807) is 60.8 Å². The molecule has 2 aromatic rings. The molecule has 0 radical (unpaired) electrons. The summed E-state index contributed by atoms with van der Waals surface area (Å²) in [6.07, 6.45) is -0.181. The second kappa shape index (κ2) is 11.6. The molecule has 3 N–H and O–H groups in total. The Morgan fingerprint density at radius 1 is 1.00 bits per heavy atom. The Morgan fingerprint density at radius 2 is 1.58 bits per heavy atom. The van der Waals surface area contributed by atoms with Gasteiger partial charge < -0.3 is 20.4 Å². The SMILES string of the molecule is CC(=O)N1C=C(c2ccccc2)N(CC(=O)N[C@@H](Cc2ccccc2)C(O)C(=O)O)C(=O)C1C(C)C. The summed E-state index contributed by atoms with van der Waals surface area (Å²) in [4.78, 5) is 53.3. The maximum atomic E-state index is 13.6. The van der Waals surface area contributed by atoms with Crippen LogP contribution in [-0.4, -0.2) is 68.4 Å². The average Bonchev–Trinajstić information content (AvgIpc) is 2.84. The first-order chi connectivity index (χ1) is 17.1. The average molecular weight is 494 g/mol. The smallest absolute Gasteiger partial charge is 0.334 e. The Labute approximate surface area is 210 Å². The number of carboxylic acid groups (broad SMARTS) is 1. The first kappa shape index (κ1) is 26.6. The van der Waals surface area contributed by atoms with E-state index in [1.165, 1.54) is 16.7 Å². The lowest BCUT2D eigenvalue weighted by Crippen LogP contribution is -2.57. The lowest BCUT2D eigenvalue weighted by atomic mass is 9.97. The minimum absolute atomic E-state index is 0.0854. The van der Waals surface area contributed by atoms with Gasteiger partial charge in [-0.1, -0.05) is 74.5 Å². The zero-order chi connectivity index (χ0) is 26.4. The third kappa shape index (κ3) is 6.17. The normalized spacial score (nSPS) is 17.4. The molecule has 2 unspecified atom stereocenters. The van der Waals surface area contributed by atoms with Crippen LogP contribution in [0.3, 0.4) is 0 Å². The molecule has 0 aromatic heterocycles. The Hall–Kier alpha value is -3.98. The van der Waals surface area contributed by atoms with Gasteiger partial charge in [0.2, 0.25) is 11.8 Å². The Kier molecular flexibility index (Phi) is 8.60. The van der Waals surface area contributed by atoms with Crippen molar-refractivity contribution in [1.82, 2.24) is 15.1 Å². The van der Waals surface area contributed by atoms with E-state index in [9.17, 15) is 29.4 Å². The second-order valence-corrected chi connectivity index (χ2v) is 9.07. The van der Waals surface area contributed by atoms with Gasteiger partial charge in [0.15, 0.2) is 6.10 Å². The van der Waals surface area contributed by atoms with Gasteiger partial charge in [0.1, 0.15) is 12.6 Å². The molecule has 0 fully saturated rings. The first-order valence-electron chi connectivity index (χ1n) is 11.7. The standard InChI is InChI=1S/C27H31N3O6/c1-17(2)24-26(34)30(22(15-29(24)18(3)31)20-12-8-5-9-13-20)16-23(32)28-21(25(33)27(35)36)14-19-10-6-4-7-11-19/h4-13,15,17,21,24-25,33H,14,16H2,1-3H3,(H,28,32)(H,35,36)/t21-,24?,25?/m0/s1. The number of carbonyl (C=O) groups is 4. The molecule has 0 aliphatic carbocycles. The molecule has 1 aliphatic rings. The molecule has 2 aromatic carbocycles. The van der Waals surface area contributed by atoms with Crippen LogP contribution in [0.25, 0.3) is 5.70 Å². The third-order valence-electron chi connectivity index (χ3n) is 6.02. The number of amides is 3. The number of hydrogen-bond acceptors (Lipinski definition) is 5. The molecule has 1 heterocycles. The number of hydrogen-bond donors (Lipinski definition) is 3. The van der Waals surface area contributed by atoms with E-state index >= 15 is 0 Å². The number of aliphatic hydroxyl groups is 1. The molecule has 3 rings (SSSR count).